The van der Waals surface area contributed by atoms with E-state index in [2.05, 4.69) is 32.3 Å². The van der Waals surface area contributed by atoms with Gasteiger partial charge in [-0.25, -0.2) is 0 Å². The average molecular weight is 274 g/mol. The molecule has 0 aromatic heterocycles. The third-order valence-electron chi connectivity index (χ3n) is 3.50. The van der Waals surface area contributed by atoms with Gasteiger partial charge in [0.15, 0.2) is 0 Å². The van der Waals surface area contributed by atoms with Crippen molar-refractivity contribution in [3.63, 3.8) is 0 Å². The molecule has 3 N–H and O–H groups in total. The summed E-state index contributed by atoms with van der Waals surface area (Å²) in [5, 5.41) is 3.62. The molecule has 0 saturated heterocycles. The Balaban J connectivity index is 3.74. The van der Waals surface area contributed by atoms with Crippen LogP contribution >= 0.6 is 11.8 Å². The van der Waals surface area contributed by atoms with Crippen LogP contribution in [-0.4, -0.2) is 30.5 Å². The Morgan fingerprint density at radius 1 is 1.22 bits per heavy atom. The molecule has 4 heteroatoms. The van der Waals surface area contributed by atoms with Crippen molar-refractivity contribution in [3.05, 3.63) is 0 Å². The average Bonchev–Trinajstić information content (AvgIpc) is 2.33. The van der Waals surface area contributed by atoms with Gasteiger partial charge in [0.1, 0.15) is 0 Å². The molecule has 18 heavy (non-hydrogen) atoms. The SMILES string of the molecule is CSC(C)CCNC(=O)CCC(CCN)C(C)C. The monoisotopic (exact) mass is 274 g/mol. The smallest absolute Gasteiger partial charge is 0.220 e. The second-order valence-corrected chi connectivity index (χ2v) is 6.58. The van der Waals surface area contributed by atoms with Gasteiger partial charge in [0, 0.05) is 18.2 Å². The molecule has 0 bridgehead atoms. The van der Waals surface area contributed by atoms with E-state index >= 15 is 0 Å². The van der Waals surface area contributed by atoms with Gasteiger partial charge in [-0.05, 0) is 43.9 Å². The first-order valence-electron chi connectivity index (χ1n) is 7.00. The summed E-state index contributed by atoms with van der Waals surface area (Å²) in [6, 6.07) is 0. The van der Waals surface area contributed by atoms with Gasteiger partial charge in [-0.3, -0.25) is 4.79 Å². The van der Waals surface area contributed by atoms with Gasteiger partial charge in [0.25, 0.3) is 0 Å². The molecule has 0 aliphatic carbocycles. The Bertz CT molecular complexity index is 222. The standard InChI is InChI=1S/C14H30N2OS/c1-11(2)13(7-9-15)5-6-14(17)16-10-8-12(3)18-4/h11-13H,5-10,15H2,1-4H3,(H,16,17). The van der Waals surface area contributed by atoms with E-state index in [0.29, 0.717) is 23.5 Å². The third-order valence-corrected chi connectivity index (χ3v) is 4.54. The molecule has 3 nitrogen and oxygen atoms in total. The molecule has 0 radical (unpaired) electrons. The molecule has 0 spiro atoms. The lowest BCUT2D eigenvalue weighted by Crippen LogP contribution is -2.27. The van der Waals surface area contributed by atoms with Gasteiger partial charge in [-0.15, -0.1) is 0 Å². The van der Waals surface area contributed by atoms with Crippen LogP contribution in [0.2, 0.25) is 0 Å². The molecule has 0 saturated carbocycles. The lowest BCUT2D eigenvalue weighted by Gasteiger charge is -2.19. The number of amides is 1. The highest BCUT2D eigenvalue weighted by Gasteiger charge is 2.14. The molecule has 108 valence electrons. The van der Waals surface area contributed by atoms with Crippen LogP contribution in [0.4, 0.5) is 0 Å². The predicted molar refractivity (Wildman–Crippen MR) is 81.8 cm³/mol. The van der Waals surface area contributed by atoms with Crippen molar-refractivity contribution in [3.8, 4) is 0 Å². The van der Waals surface area contributed by atoms with Crippen molar-refractivity contribution in [2.24, 2.45) is 17.6 Å². The third kappa shape index (κ3) is 8.81. The van der Waals surface area contributed by atoms with Gasteiger partial charge < -0.3 is 11.1 Å². The first-order chi connectivity index (χ1) is 8.51. The van der Waals surface area contributed by atoms with Crippen molar-refractivity contribution in [1.29, 1.82) is 0 Å². The van der Waals surface area contributed by atoms with E-state index in [0.717, 1.165) is 32.4 Å². The lowest BCUT2D eigenvalue weighted by atomic mass is 9.88. The zero-order valence-electron chi connectivity index (χ0n) is 12.4. The summed E-state index contributed by atoms with van der Waals surface area (Å²) in [6.45, 7) is 8.11. The van der Waals surface area contributed by atoms with E-state index < -0.39 is 0 Å². The Kier molecular flexibility index (Phi) is 10.5. The van der Waals surface area contributed by atoms with Crippen LogP contribution in [0.25, 0.3) is 0 Å². The molecule has 0 aliphatic rings. The molecule has 2 atom stereocenters. The Labute approximate surface area is 117 Å². The summed E-state index contributed by atoms with van der Waals surface area (Å²) >= 11 is 1.84. The first kappa shape index (κ1) is 17.8. The molecule has 1 amide bonds. The van der Waals surface area contributed by atoms with Gasteiger partial charge in [0.2, 0.25) is 5.91 Å². The normalized spacial score (nSPS) is 14.6. The van der Waals surface area contributed by atoms with Gasteiger partial charge >= 0.3 is 0 Å². The van der Waals surface area contributed by atoms with E-state index in [1.807, 2.05) is 11.8 Å². The molecule has 0 heterocycles. The summed E-state index contributed by atoms with van der Waals surface area (Å²) in [4.78, 5) is 11.7. The number of carbonyl (C=O) groups excluding carboxylic acids is 1. The number of nitrogens with two attached hydrogens (primary N) is 1. The van der Waals surface area contributed by atoms with Crippen molar-refractivity contribution >= 4 is 17.7 Å². The number of hydrogen-bond donors (Lipinski definition) is 2. The molecular weight excluding hydrogens is 244 g/mol. The van der Waals surface area contributed by atoms with Gasteiger partial charge in [0.05, 0.1) is 0 Å². The topological polar surface area (TPSA) is 55.1 Å². The fourth-order valence-electron chi connectivity index (χ4n) is 1.96. The van der Waals surface area contributed by atoms with Crippen molar-refractivity contribution < 1.29 is 4.79 Å². The van der Waals surface area contributed by atoms with Crippen LogP contribution in [0.5, 0.6) is 0 Å². The minimum Gasteiger partial charge on any atom is -0.356 e. The number of carbonyl (C=O) groups is 1. The second kappa shape index (κ2) is 10.7. The maximum atomic E-state index is 11.7. The van der Waals surface area contributed by atoms with Crippen molar-refractivity contribution in [2.45, 2.75) is 51.7 Å². The van der Waals surface area contributed by atoms with Crippen LogP contribution < -0.4 is 11.1 Å². The maximum absolute atomic E-state index is 11.7. The van der Waals surface area contributed by atoms with Crippen LogP contribution in [0.15, 0.2) is 0 Å². The summed E-state index contributed by atoms with van der Waals surface area (Å²) in [7, 11) is 0. The van der Waals surface area contributed by atoms with Crippen LogP contribution in [0, 0.1) is 11.8 Å². The molecule has 0 aromatic carbocycles. The summed E-state index contributed by atoms with van der Waals surface area (Å²) in [5.74, 6) is 1.37. The van der Waals surface area contributed by atoms with Crippen LogP contribution in [-0.2, 0) is 4.79 Å². The molecule has 0 rings (SSSR count). The number of hydrogen-bond acceptors (Lipinski definition) is 3. The zero-order chi connectivity index (χ0) is 14.0. The largest absolute Gasteiger partial charge is 0.356 e. The molecule has 0 fully saturated rings. The highest BCUT2D eigenvalue weighted by molar-refractivity contribution is 7.99. The molecular formula is C14H30N2OS. The quantitative estimate of drug-likeness (QED) is 0.644. The number of thioether (sulfide) groups is 1. The van der Waals surface area contributed by atoms with Gasteiger partial charge in [-0.2, -0.15) is 11.8 Å². The first-order valence-corrected chi connectivity index (χ1v) is 8.29. The molecule has 0 aliphatic heterocycles. The summed E-state index contributed by atoms with van der Waals surface area (Å²) in [5.41, 5.74) is 5.60. The fourth-order valence-corrected chi connectivity index (χ4v) is 2.32. The van der Waals surface area contributed by atoms with E-state index in [1.54, 1.807) is 0 Å². The predicted octanol–water partition coefficient (Wildman–Crippen LogP) is 2.65. The number of nitrogens with one attached hydrogen (secondary N) is 1. The van der Waals surface area contributed by atoms with E-state index in [9.17, 15) is 4.79 Å². The summed E-state index contributed by atoms with van der Waals surface area (Å²) in [6.07, 6.45) is 5.76. The minimum atomic E-state index is 0.186. The van der Waals surface area contributed by atoms with E-state index in [-0.39, 0.29) is 5.91 Å². The van der Waals surface area contributed by atoms with Crippen molar-refractivity contribution in [2.75, 3.05) is 19.3 Å². The van der Waals surface area contributed by atoms with E-state index in [1.165, 1.54) is 0 Å². The fraction of sp³-hybridized carbons (Fsp3) is 0.929. The number of rotatable bonds is 10. The highest BCUT2D eigenvalue weighted by atomic mass is 32.2. The molecule has 0 aromatic rings. The molecule has 2 unspecified atom stereocenters. The van der Waals surface area contributed by atoms with E-state index in [4.69, 9.17) is 5.73 Å². The summed E-state index contributed by atoms with van der Waals surface area (Å²) < 4.78 is 0. The lowest BCUT2D eigenvalue weighted by molar-refractivity contribution is -0.121. The van der Waals surface area contributed by atoms with Crippen LogP contribution in [0.3, 0.4) is 0 Å². The zero-order valence-corrected chi connectivity index (χ0v) is 13.2. The Morgan fingerprint density at radius 2 is 1.89 bits per heavy atom. The highest BCUT2D eigenvalue weighted by Crippen LogP contribution is 2.20. The maximum Gasteiger partial charge on any atom is 0.220 e. The second-order valence-electron chi connectivity index (χ2n) is 5.31. The Morgan fingerprint density at radius 3 is 2.39 bits per heavy atom. The Hall–Kier alpha value is -0.220. The van der Waals surface area contributed by atoms with Crippen LogP contribution in [0.1, 0.15) is 46.5 Å². The minimum absolute atomic E-state index is 0.186. The van der Waals surface area contributed by atoms with Gasteiger partial charge in [-0.1, -0.05) is 20.8 Å². The van der Waals surface area contributed by atoms with Crippen molar-refractivity contribution in [1.82, 2.24) is 5.32 Å².